The molecule has 0 radical (unpaired) electrons. The Hall–Kier alpha value is -0.540. The van der Waals surface area contributed by atoms with E-state index in [1.165, 1.54) is 19.3 Å². The van der Waals surface area contributed by atoms with Gasteiger partial charge in [-0.3, -0.25) is 0 Å². The van der Waals surface area contributed by atoms with E-state index in [-0.39, 0.29) is 0 Å². The summed E-state index contributed by atoms with van der Waals surface area (Å²) >= 11 is 3.33. The standard InChI is InChI=1S/C14H20BrNO/c1-10-5-6-11(7-10)8-16-9-12-3-2-4-13(15)14(12)17/h2-4,10-11,16-17H,5-9H2,1H3. The van der Waals surface area contributed by atoms with Crippen LogP contribution in [0.1, 0.15) is 31.7 Å². The summed E-state index contributed by atoms with van der Waals surface area (Å²) in [5, 5.41) is 13.3. The Balaban J connectivity index is 1.80. The Morgan fingerprint density at radius 2 is 2.24 bits per heavy atom. The lowest BCUT2D eigenvalue weighted by molar-refractivity contribution is 0.446. The molecule has 1 aliphatic rings. The first-order valence-corrected chi connectivity index (χ1v) is 7.13. The maximum Gasteiger partial charge on any atom is 0.134 e. The molecule has 0 bridgehead atoms. The Kier molecular flexibility index (Phi) is 4.46. The van der Waals surface area contributed by atoms with Crippen LogP contribution in [-0.4, -0.2) is 11.7 Å². The van der Waals surface area contributed by atoms with Crippen LogP contribution in [0.4, 0.5) is 0 Å². The van der Waals surface area contributed by atoms with Crippen molar-refractivity contribution < 1.29 is 5.11 Å². The van der Waals surface area contributed by atoms with E-state index in [1.54, 1.807) is 0 Å². The van der Waals surface area contributed by atoms with E-state index in [0.717, 1.165) is 35.0 Å². The van der Waals surface area contributed by atoms with E-state index in [1.807, 2.05) is 18.2 Å². The minimum absolute atomic E-state index is 0.361. The minimum Gasteiger partial charge on any atom is -0.506 e. The summed E-state index contributed by atoms with van der Waals surface area (Å²) in [6, 6.07) is 5.78. The molecule has 2 atom stereocenters. The van der Waals surface area contributed by atoms with Crippen LogP contribution in [0, 0.1) is 11.8 Å². The number of hydrogen-bond acceptors (Lipinski definition) is 2. The lowest BCUT2D eigenvalue weighted by Crippen LogP contribution is -2.21. The molecule has 1 fully saturated rings. The number of para-hydroxylation sites is 1. The number of nitrogens with one attached hydrogen (secondary N) is 1. The monoisotopic (exact) mass is 297 g/mol. The van der Waals surface area contributed by atoms with Gasteiger partial charge in [0.1, 0.15) is 5.75 Å². The van der Waals surface area contributed by atoms with Crippen molar-refractivity contribution in [3.63, 3.8) is 0 Å². The van der Waals surface area contributed by atoms with Crippen LogP contribution in [0.5, 0.6) is 5.75 Å². The van der Waals surface area contributed by atoms with Crippen molar-refractivity contribution in [2.45, 2.75) is 32.7 Å². The molecule has 1 saturated carbocycles. The van der Waals surface area contributed by atoms with Crippen LogP contribution in [0.15, 0.2) is 22.7 Å². The molecule has 2 nitrogen and oxygen atoms in total. The maximum absolute atomic E-state index is 9.84. The van der Waals surface area contributed by atoms with Crippen molar-refractivity contribution >= 4 is 15.9 Å². The number of halogens is 1. The van der Waals surface area contributed by atoms with Gasteiger partial charge in [0.25, 0.3) is 0 Å². The van der Waals surface area contributed by atoms with Crippen LogP contribution in [0.3, 0.4) is 0 Å². The summed E-state index contributed by atoms with van der Waals surface area (Å²) in [6.07, 6.45) is 4.06. The molecule has 3 heteroatoms. The Bertz CT molecular complexity index is 380. The molecule has 94 valence electrons. The molecule has 0 saturated heterocycles. The van der Waals surface area contributed by atoms with E-state index in [0.29, 0.717) is 5.75 Å². The fourth-order valence-electron chi connectivity index (χ4n) is 2.62. The smallest absolute Gasteiger partial charge is 0.134 e. The largest absolute Gasteiger partial charge is 0.506 e. The highest BCUT2D eigenvalue weighted by Gasteiger charge is 2.20. The number of benzene rings is 1. The fraction of sp³-hybridized carbons (Fsp3) is 0.571. The molecule has 2 rings (SSSR count). The normalized spacial score (nSPS) is 24.1. The first-order valence-electron chi connectivity index (χ1n) is 6.34. The van der Waals surface area contributed by atoms with E-state index in [9.17, 15) is 5.11 Å². The van der Waals surface area contributed by atoms with Crippen molar-refractivity contribution in [1.82, 2.24) is 5.32 Å². The zero-order valence-corrected chi connectivity index (χ0v) is 11.8. The minimum atomic E-state index is 0.361. The van der Waals surface area contributed by atoms with Crippen LogP contribution < -0.4 is 5.32 Å². The summed E-state index contributed by atoms with van der Waals surface area (Å²) < 4.78 is 0.770. The zero-order valence-electron chi connectivity index (χ0n) is 10.2. The number of aromatic hydroxyl groups is 1. The molecule has 1 aliphatic carbocycles. The highest BCUT2D eigenvalue weighted by molar-refractivity contribution is 9.10. The van der Waals surface area contributed by atoms with Gasteiger partial charge in [0.2, 0.25) is 0 Å². The van der Waals surface area contributed by atoms with Crippen molar-refractivity contribution in [2.75, 3.05) is 6.54 Å². The van der Waals surface area contributed by atoms with Crippen molar-refractivity contribution in [3.8, 4) is 5.75 Å². The Morgan fingerprint density at radius 1 is 1.41 bits per heavy atom. The quantitative estimate of drug-likeness (QED) is 0.888. The van der Waals surface area contributed by atoms with E-state index in [4.69, 9.17) is 0 Å². The highest BCUT2D eigenvalue weighted by atomic mass is 79.9. The van der Waals surface area contributed by atoms with Gasteiger partial charge in [0.15, 0.2) is 0 Å². The van der Waals surface area contributed by atoms with Gasteiger partial charge in [-0.1, -0.05) is 25.5 Å². The van der Waals surface area contributed by atoms with Gasteiger partial charge in [-0.15, -0.1) is 0 Å². The number of rotatable bonds is 4. The van der Waals surface area contributed by atoms with Crippen molar-refractivity contribution in [3.05, 3.63) is 28.2 Å². The van der Waals surface area contributed by atoms with E-state index in [2.05, 4.69) is 28.2 Å². The van der Waals surface area contributed by atoms with Gasteiger partial charge in [-0.2, -0.15) is 0 Å². The van der Waals surface area contributed by atoms with Crippen LogP contribution >= 0.6 is 15.9 Å². The van der Waals surface area contributed by atoms with Crippen LogP contribution in [0.25, 0.3) is 0 Å². The summed E-state index contributed by atoms with van der Waals surface area (Å²) in [7, 11) is 0. The topological polar surface area (TPSA) is 32.3 Å². The fourth-order valence-corrected chi connectivity index (χ4v) is 3.03. The van der Waals surface area contributed by atoms with Gasteiger partial charge in [-0.25, -0.2) is 0 Å². The van der Waals surface area contributed by atoms with Gasteiger partial charge >= 0.3 is 0 Å². The lowest BCUT2D eigenvalue weighted by Gasteiger charge is -2.12. The molecule has 17 heavy (non-hydrogen) atoms. The van der Waals surface area contributed by atoms with Gasteiger partial charge < -0.3 is 10.4 Å². The summed E-state index contributed by atoms with van der Waals surface area (Å²) in [5.74, 6) is 2.07. The number of hydrogen-bond donors (Lipinski definition) is 2. The first kappa shape index (κ1) is 12.9. The van der Waals surface area contributed by atoms with Gasteiger partial charge in [-0.05, 0) is 53.2 Å². The molecular weight excluding hydrogens is 278 g/mol. The average Bonchev–Trinajstić information content (AvgIpc) is 2.70. The van der Waals surface area contributed by atoms with E-state index >= 15 is 0 Å². The van der Waals surface area contributed by atoms with Crippen LogP contribution in [0.2, 0.25) is 0 Å². The number of phenolic OH excluding ortho intramolecular Hbond substituents is 1. The van der Waals surface area contributed by atoms with Gasteiger partial charge in [0.05, 0.1) is 4.47 Å². The third kappa shape index (κ3) is 3.46. The Morgan fingerprint density at radius 3 is 2.94 bits per heavy atom. The molecule has 0 aromatic heterocycles. The Labute approximate surface area is 112 Å². The summed E-state index contributed by atoms with van der Waals surface area (Å²) in [4.78, 5) is 0. The molecule has 0 amide bonds. The lowest BCUT2D eigenvalue weighted by atomic mass is 10.1. The molecule has 2 N–H and O–H groups in total. The predicted octanol–water partition coefficient (Wildman–Crippen LogP) is 3.68. The molecule has 0 heterocycles. The SMILES string of the molecule is CC1CCC(CNCc2cccc(Br)c2O)C1. The summed E-state index contributed by atoms with van der Waals surface area (Å²) in [6.45, 7) is 4.15. The van der Waals surface area contributed by atoms with E-state index < -0.39 is 0 Å². The third-order valence-corrected chi connectivity index (χ3v) is 4.26. The third-order valence-electron chi connectivity index (χ3n) is 3.62. The zero-order chi connectivity index (χ0) is 12.3. The molecule has 2 unspecified atom stereocenters. The molecule has 1 aromatic rings. The van der Waals surface area contributed by atoms with Crippen LogP contribution in [-0.2, 0) is 6.54 Å². The molecule has 0 aliphatic heterocycles. The second-order valence-corrected chi connectivity index (χ2v) is 6.02. The molecule has 1 aromatic carbocycles. The van der Waals surface area contributed by atoms with Crippen molar-refractivity contribution in [2.24, 2.45) is 11.8 Å². The number of phenols is 1. The van der Waals surface area contributed by atoms with Gasteiger partial charge in [0, 0.05) is 12.1 Å². The second-order valence-electron chi connectivity index (χ2n) is 5.16. The molecule has 0 spiro atoms. The average molecular weight is 298 g/mol. The highest BCUT2D eigenvalue weighted by Crippen LogP contribution is 2.30. The predicted molar refractivity (Wildman–Crippen MR) is 74.0 cm³/mol. The first-order chi connectivity index (χ1) is 8.16. The second kappa shape index (κ2) is 5.87. The maximum atomic E-state index is 9.84. The molecular formula is C14H20BrNO. The summed E-state index contributed by atoms with van der Waals surface area (Å²) in [5.41, 5.74) is 0.963. The van der Waals surface area contributed by atoms with Crippen molar-refractivity contribution in [1.29, 1.82) is 0 Å².